The Morgan fingerprint density at radius 2 is 1.88 bits per heavy atom. The number of benzene rings is 2. The third-order valence-corrected chi connectivity index (χ3v) is 6.17. The van der Waals surface area contributed by atoms with Crippen molar-refractivity contribution >= 4 is 17.2 Å². The smallest absolute Gasteiger partial charge is 0.392 e. The number of fused-ring (bicyclic) bond motifs is 1. The molecule has 8 heteroatoms. The van der Waals surface area contributed by atoms with E-state index in [4.69, 9.17) is 0 Å². The maximum absolute atomic E-state index is 13.4. The highest BCUT2D eigenvalue weighted by Gasteiger charge is 2.34. The van der Waals surface area contributed by atoms with Gasteiger partial charge in [-0.15, -0.1) is 0 Å². The second-order valence-electron chi connectivity index (χ2n) is 8.49. The fraction of sp³-hybridized carbons (Fsp3) is 0.333. The molecule has 0 saturated heterocycles. The van der Waals surface area contributed by atoms with Crippen LogP contribution in [-0.2, 0) is 19.0 Å². The number of nitrogens with one attached hydrogen (secondary N) is 1. The van der Waals surface area contributed by atoms with Gasteiger partial charge in [0.1, 0.15) is 12.1 Å². The fourth-order valence-corrected chi connectivity index (χ4v) is 4.33. The summed E-state index contributed by atoms with van der Waals surface area (Å²) in [6, 6.07) is 11.6. The van der Waals surface area contributed by atoms with Gasteiger partial charge >= 0.3 is 6.18 Å². The summed E-state index contributed by atoms with van der Waals surface area (Å²) < 4.78 is 40.1. The minimum absolute atomic E-state index is 0.245. The van der Waals surface area contributed by atoms with E-state index in [9.17, 15) is 18.3 Å². The molecule has 1 heterocycles. The highest BCUT2D eigenvalue weighted by Crippen LogP contribution is 2.40. The maximum atomic E-state index is 13.4. The van der Waals surface area contributed by atoms with E-state index in [0.717, 1.165) is 35.7 Å². The predicted molar refractivity (Wildman–Crippen MR) is 117 cm³/mol. The van der Waals surface area contributed by atoms with Crippen molar-refractivity contribution in [2.75, 3.05) is 17.3 Å². The van der Waals surface area contributed by atoms with Gasteiger partial charge in [-0.2, -0.15) is 13.2 Å². The number of hydrogen-bond acceptors (Lipinski definition) is 5. The Labute approximate surface area is 183 Å². The van der Waals surface area contributed by atoms with Gasteiger partial charge in [-0.3, -0.25) is 0 Å². The molecule has 2 aliphatic rings. The molecule has 1 atom stereocenters. The Hall–Kier alpha value is -3.13. The summed E-state index contributed by atoms with van der Waals surface area (Å²) in [7, 11) is 1.83. The highest BCUT2D eigenvalue weighted by molar-refractivity contribution is 5.79. The SMILES string of the molecule is CN(c1cc(C(F)(F)F)ccc1-c1cc(Nc2cccc3c2CC(O)C3)ncn1)C1CC1. The number of hydrogen-bond donors (Lipinski definition) is 2. The van der Waals surface area contributed by atoms with Gasteiger partial charge in [-0.25, -0.2) is 9.97 Å². The molecule has 1 unspecified atom stereocenters. The largest absolute Gasteiger partial charge is 0.416 e. The highest BCUT2D eigenvalue weighted by atomic mass is 19.4. The Bertz CT molecular complexity index is 1160. The van der Waals surface area contributed by atoms with Crippen LogP contribution in [0.25, 0.3) is 11.3 Å². The zero-order valence-electron chi connectivity index (χ0n) is 17.5. The number of rotatable bonds is 5. The average Bonchev–Trinajstić information content (AvgIpc) is 3.53. The minimum atomic E-state index is -4.41. The number of aliphatic hydroxyl groups excluding tert-OH is 1. The molecule has 2 aromatic carbocycles. The van der Waals surface area contributed by atoms with Crippen molar-refractivity contribution < 1.29 is 18.3 Å². The molecule has 0 amide bonds. The van der Waals surface area contributed by atoms with E-state index in [0.29, 0.717) is 35.6 Å². The van der Waals surface area contributed by atoms with Crippen LogP contribution in [0, 0.1) is 0 Å². The number of alkyl halides is 3. The fourth-order valence-electron chi connectivity index (χ4n) is 4.33. The Kier molecular flexibility index (Phi) is 5.04. The maximum Gasteiger partial charge on any atom is 0.416 e. The van der Waals surface area contributed by atoms with Gasteiger partial charge < -0.3 is 15.3 Å². The van der Waals surface area contributed by atoms with Crippen LogP contribution in [0.4, 0.5) is 30.4 Å². The van der Waals surface area contributed by atoms with E-state index >= 15 is 0 Å². The summed E-state index contributed by atoms with van der Waals surface area (Å²) in [6.45, 7) is 0. The molecule has 1 saturated carbocycles. The summed E-state index contributed by atoms with van der Waals surface area (Å²) >= 11 is 0. The molecule has 0 spiro atoms. The summed E-state index contributed by atoms with van der Waals surface area (Å²) in [6.07, 6.45) is -0.251. The Morgan fingerprint density at radius 1 is 1.06 bits per heavy atom. The zero-order valence-corrected chi connectivity index (χ0v) is 17.5. The van der Waals surface area contributed by atoms with Gasteiger partial charge in [-0.1, -0.05) is 18.2 Å². The van der Waals surface area contributed by atoms with Crippen molar-refractivity contribution in [2.24, 2.45) is 0 Å². The second kappa shape index (κ2) is 7.78. The van der Waals surface area contributed by atoms with Crippen LogP contribution in [0.5, 0.6) is 0 Å². The van der Waals surface area contributed by atoms with Crippen molar-refractivity contribution in [1.82, 2.24) is 9.97 Å². The lowest BCUT2D eigenvalue weighted by Crippen LogP contribution is -2.21. The van der Waals surface area contributed by atoms with Gasteiger partial charge in [0.05, 0.1) is 17.4 Å². The zero-order chi connectivity index (χ0) is 22.5. The summed E-state index contributed by atoms with van der Waals surface area (Å²) in [5.41, 5.74) is 4.05. The topological polar surface area (TPSA) is 61.3 Å². The molecule has 32 heavy (non-hydrogen) atoms. The first-order chi connectivity index (χ1) is 15.3. The number of anilines is 3. The molecule has 1 fully saturated rings. The van der Waals surface area contributed by atoms with Crippen molar-refractivity contribution in [3.63, 3.8) is 0 Å². The van der Waals surface area contributed by atoms with Gasteiger partial charge in [0.15, 0.2) is 0 Å². The normalized spacial score (nSPS) is 17.8. The lowest BCUT2D eigenvalue weighted by Gasteiger charge is -2.23. The monoisotopic (exact) mass is 440 g/mol. The first-order valence-corrected chi connectivity index (χ1v) is 10.6. The Morgan fingerprint density at radius 3 is 2.62 bits per heavy atom. The van der Waals surface area contributed by atoms with Crippen molar-refractivity contribution in [2.45, 2.75) is 44.0 Å². The van der Waals surface area contributed by atoms with E-state index in [1.54, 1.807) is 6.07 Å². The third-order valence-electron chi connectivity index (χ3n) is 6.17. The summed E-state index contributed by atoms with van der Waals surface area (Å²) in [5, 5.41) is 13.3. The number of halogens is 3. The molecular formula is C24H23F3N4O. The minimum Gasteiger partial charge on any atom is -0.392 e. The van der Waals surface area contributed by atoms with Crippen molar-refractivity contribution in [1.29, 1.82) is 0 Å². The molecule has 5 rings (SSSR count). The Balaban J connectivity index is 1.50. The van der Waals surface area contributed by atoms with Crippen LogP contribution in [0.2, 0.25) is 0 Å². The molecule has 2 aliphatic carbocycles. The standard InChI is InChI=1S/C24H23F3N4O/c1-31(16-6-7-16)22-10-15(24(25,26)27)5-8-18(22)21-12-23(29-13-28-21)30-20-4-2-3-14-9-17(32)11-19(14)20/h2-5,8,10,12-13,16-17,32H,6-7,9,11H2,1H3,(H,28,29,30). The molecule has 0 bridgehead atoms. The van der Waals surface area contributed by atoms with Gasteiger partial charge in [0.2, 0.25) is 0 Å². The van der Waals surface area contributed by atoms with Crippen molar-refractivity contribution in [3.05, 3.63) is 65.5 Å². The van der Waals surface area contributed by atoms with Gasteiger partial charge in [0.25, 0.3) is 0 Å². The molecule has 0 aliphatic heterocycles. The predicted octanol–water partition coefficient (Wildman–Crippen LogP) is 4.96. The number of aliphatic hydroxyl groups is 1. The van der Waals surface area contributed by atoms with Gasteiger partial charge in [0, 0.05) is 42.5 Å². The molecule has 0 radical (unpaired) electrons. The van der Waals surface area contributed by atoms with Crippen LogP contribution in [-0.4, -0.2) is 34.3 Å². The van der Waals surface area contributed by atoms with Crippen LogP contribution >= 0.6 is 0 Å². The van der Waals surface area contributed by atoms with Gasteiger partial charge in [-0.05, 0) is 48.6 Å². The average molecular weight is 440 g/mol. The first kappa shape index (κ1) is 20.8. The van der Waals surface area contributed by atoms with Crippen LogP contribution in [0.1, 0.15) is 29.5 Å². The molecule has 5 nitrogen and oxygen atoms in total. The van der Waals surface area contributed by atoms with E-state index in [2.05, 4.69) is 15.3 Å². The van der Waals surface area contributed by atoms with E-state index in [1.165, 1.54) is 18.5 Å². The lowest BCUT2D eigenvalue weighted by atomic mass is 10.0. The van der Waals surface area contributed by atoms with E-state index < -0.39 is 11.7 Å². The molecule has 1 aromatic heterocycles. The summed E-state index contributed by atoms with van der Waals surface area (Å²) in [5.74, 6) is 0.546. The quantitative estimate of drug-likeness (QED) is 0.587. The van der Waals surface area contributed by atoms with Crippen LogP contribution in [0.3, 0.4) is 0 Å². The second-order valence-corrected chi connectivity index (χ2v) is 8.49. The lowest BCUT2D eigenvalue weighted by molar-refractivity contribution is -0.137. The molecular weight excluding hydrogens is 417 g/mol. The number of aromatic nitrogens is 2. The van der Waals surface area contributed by atoms with Crippen LogP contribution in [0.15, 0.2) is 48.8 Å². The number of nitrogens with zero attached hydrogens (tertiary/aromatic N) is 3. The molecule has 3 aromatic rings. The van der Waals surface area contributed by atoms with E-state index in [-0.39, 0.29) is 12.1 Å². The van der Waals surface area contributed by atoms with E-state index in [1.807, 2.05) is 30.1 Å². The first-order valence-electron chi connectivity index (χ1n) is 10.6. The van der Waals surface area contributed by atoms with Crippen LogP contribution < -0.4 is 10.2 Å². The summed E-state index contributed by atoms with van der Waals surface area (Å²) in [4.78, 5) is 10.6. The molecule has 2 N–H and O–H groups in total. The third kappa shape index (κ3) is 4.02. The molecule has 166 valence electrons. The van der Waals surface area contributed by atoms with Crippen molar-refractivity contribution in [3.8, 4) is 11.3 Å².